The van der Waals surface area contributed by atoms with E-state index in [1.165, 1.54) is 18.2 Å². The number of fused-ring (bicyclic) bond motifs is 1. The van der Waals surface area contributed by atoms with Gasteiger partial charge in [0.05, 0.1) is 22.9 Å². The second kappa shape index (κ2) is 14.6. The first kappa shape index (κ1) is 32.4. The number of benzene rings is 1. The van der Waals surface area contributed by atoms with Crippen LogP contribution in [0.15, 0.2) is 18.2 Å². The lowest BCUT2D eigenvalue weighted by Gasteiger charge is -2.18. The normalized spacial score (nSPS) is 14.3. The van der Waals surface area contributed by atoms with Gasteiger partial charge in [-0.1, -0.05) is 13.8 Å². The minimum atomic E-state index is -0.758. The molecule has 0 fully saturated rings. The number of aryl methyl sites for hydroxylation is 1. The van der Waals surface area contributed by atoms with Crippen molar-refractivity contribution >= 4 is 47.3 Å². The lowest BCUT2D eigenvalue weighted by Crippen LogP contribution is -2.39. The molecule has 0 radical (unpaired) electrons. The smallest absolute Gasteiger partial charge is 0.265 e. The number of aromatic nitrogens is 1. The second-order valence-electron chi connectivity index (χ2n) is 10.1. The van der Waals surface area contributed by atoms with E-state index in [1.54, 1.807) is 13.8 Å². The number of carbonyl (C=O) groups is 5. The number of hydrogen-bond donors (Lipinski definition) is 4. The number of carbonyl (C=O) groups excluding carboxylic acids is 5. The van der Waals surface area contributed by atoms with Crippen LogP contribution in [-0.2, 0) is 19.2 Å². The van der Waals surface area contributed by atoms with Crippen LogP contribution in [0.3, 0.4) is 0 Å². The molecule has 0 saturated carbocycles. The summed E-state index contributed by atoms with van der Waals surface area (Å²) in [4.78, 5) is 69.3. The molecule has 1 aromatic heterocycles. The Balaban J connectivity index is 1.83. The number of hydrogen-bond acceptors (Lipinski definition) is 7. The highest BCUT2D eigenvalue weighted by molar-refractivity contribution is 6.42. The van der Waals surface area contributed by atoms with Gasteiger partial charge in [0.2, 0.25) is 11.8 Å². The van der Waals surface area contributed by atoms with E-state index < -0.39 is 29.6 Å². The summed E-state index contributed by atoms with van der Waals surface area (Å²) in [5.41, 5.74) is 8.07. The molecule has 1 atom stereocenters. The lowest BCUT2D eigenvalue weighted by atomic mass is 10.0. The van der Waals surface area contributed by atoms with Crippen LogP contribution in [-0.4, -0.2) is 78.6 Å². The van der Waals surface area contributed by atoms with Crippen molar-refractivity contribution in [3.63, 3.8) is 0 Å². The summed E-state index contributed by atoms with van der Waals surface area (Å²) in [7, 11) is 0. The summed E-state index contributed by atoms with van der Waals surface area (Å²) in [5.74, 6) is -2.70. The average molecular weight is 583 g/mol. The van der Waals surface area contributed by atoms with Crippen LogP contribution < -0.4 is 21.3 Å². The van der Waals surface area contributed by atoms with E-state index in [1.807, 2.05) is 0 Å². The Labute approximate surface area is 244 Å². The molecule has 2 heterocycles. The van der Waals surface area contributed by atoms with Crippen LogP contribution in [0.25, 0.3) is 11.6 Å². The summed E-state index contributed by atoms with van der Waals surface area (Å²) in [6.07, 6.45) is 1.78. The largest absolute Gasteiger partial charge is 0.358 e. The second-order valence-corrected chi connectivity index (χ2v) is 10.1. The Hall–Kier alpha value is -4.16. The van der Waals surface area contributed by atoms with Gasteiger partial charge >= 0.3 is 0 Å². The van der Waals surface area contributed by atoms with Crippen molar-refractivity contribution in [1.29, 1.82) is 0 Å². The third kappa shape index (κ3) is 7.37. The molecule has 0 unspecified atom stereocenters. The molecular weight excluding hydrogens is 543 g/mol. The maximum atomic E-state index is 14.3. The van der Waals surface area contributed by atoms with Crippen molar-refractivity contribution < 1.29 is 28.4 Å². The Kier molecular flexibility index (Phi) is 11.3. The van der Waals surface area contributed by atoms with Crippen molar-refractivity contribution in [2.45, 2.75) is 53.0 Å². The maximum Gasteiger partial charge on any atom is 0.265 e. The third-order valence-corrected chi connectivity index (χ3v) is 7.33. The van der Waals surface area contributed by atoms with E-state index in [2.05, 4.69) is 34.4 Å². The summed E-state index contributed by atoms with van der Waals surface area (Å²) in [6.45, 7) is 10.8. The van der Waals surface area contributed by atoms with Crippen LogP contribution in [0.5, 0.6) is 0 Å². The molecule has 1 aliphatic rings. The van der Waals surface area contributed by atoms with E-state index in [0.717, 1.165) is 24.1 Å². The van der Waals surface area contributed by atoms with Gasteiger partial charge in [-0.25, -0.2) is 9.29 Å². The topological polar surface area (TPSA) is 158 Å². The summed E-state index contributed by atoms with van der Waals surface area (Å²) in [5, 5.41) is 5.43. The molecule has 12 heteroatoms. The Morgan fingerprint density at radius 3 is 2.52 bits per heavy atom. The van der Waals surface area contributed by atoms with E-state index in [0.29, 0.717) is 41.9 Å². The van der Waals surface area contributed by atoms with Crippen molar-refractivity contribution in [2.24, 2.45) is 5.73 Å². The molecule has 0 bridgehead atoms. The highest BCUT2D eigenvalue weighted by Crippen LogP contribution is 2.39. The molecule has 1 aromatic carbocycles. The van der Waals surface area contributed by atoms with Gasteiger partial charge in [0.1, 0.15) is 12.1 Å². The predicted molar refractivity (Wildman–Crippen MR) is 158 cm³/mol. The van der Waals surface area contributed by atoms with E-state index in [4.69, 9.17) is 5.73 Å². The van der Waals surface area contributed by atoms with E-state index >= 15 is 0 Å². The first-order valence-corrected chi connectivity index (χ1v) is 14.1. The third-order valence-electron chi connectivity index (χ3n) is 7.33. The number of nitrogens with two attached hydrogens (primary N) is 1. The zero-order chi connectivity index (χ0) is 31.0. The molecule has 4 amide bonds. The van der Waals surface area contributed by atoms with Gasteiger partial charge in [-0.3, -0.25) is 19.2 Å². The standard InChI is InChI=1S/C30H39FN6O5/c1-5-36(6-2)14-13-33-29(41)28-18(3)24(34-19(28)4)16-23-22-15-20(31)7-8-25(22)37(30(23)42)27(40)10-9-26(39)35-21(17-38)11-12-32/h7-8,15-17,21,34H,5-6,9-14,32H2,1-4H3,(H,33,41)(H,35,39)/b23-16-/t21-/m0/s1. The van der Waals surface area contributed by atoms with Crippen LogP contribution in [0.2, 0.25) is 0 Å². The van der Waals surface area contributed by atoms with E-state index in [-0.39, 0.29) is 48.5 Å². The van der Waals surface area contributed by atoms with Gasteiger partial charge < -0.3 is 31.0 Å². The summed E-state index contributed by atoms with van der Waals surface area (Å²) >= 11 is 0. The zero-order valence-corrected chi connectivity index (χ0v) is 24.5. The highest BCUT2D eigenvalue weighted by atomic mass is 19.1. The van der Waals surface area contributed by atoms with Crippen LogP contribution >= 0.6 is 0 Å². The van der Waals surface area contributed by atoms with Crippen LogP contribution in [0.1, 0.15) is 66.0 Å². The predicted octanol–water partition coefficient (Wildman–Crippen LogP) is 2.07. The number of H-pyrrole nitrogens is 1. The number of nitrogens with one attached hydrogen (secondary N) is 3. The minimum absolute atomic E-state index is 0.0732. The molecule has 3 rings (SSSR count). The molecule has 0 aliphatic carbocycles. The number of halogens is 1. The number of aromatic amines is 1. The number of rotatable bonds is 14. The maximum absolute atomic E-state index is 14.3. The number of likely N-dealkylation sites (N-methyl/N-ethyl adjacent to an activating group) is 1. The quantitative estimate of drug-likeness (QED) is 0.196. The van der Waals surface area contributed by atoms with Crippen LogP contribution in [0, 0.1) is 19.7 Å². The monoisotopic (exact) mass is 582 g/mol. The molecule has 226 valence electrons. The van der Waals surface area contributed by atoms with Crippen LogP contribution in [0.4, 0.5) is 10.1 Å². The lowest BCUT2D eigenvalue weighted by molar-refractivity contribution is -0.128. The molecule has 0 saturated heterocycles. The summed E-state index contributed by atoms with van der Waals surface area (Å²) < 4.78 is 14.3. The fourth-order valence-corrected chi connectivity index (χ4v) is 4.98. The Morgan fingerprint density at radius 1 is 1.17 bits per heavy atom. The number of imide groups is 1. The van der Waals surface area contributed by atoms with Crippen molar-refractivity contribution in [3.8, 4) is 0 Å². The first-order valence-electron chi connectivity index (χ1n) is 14.1. The Morgan fingerprint density at radius 2 is 1.88 bits per heavy atom. The van der Waals surface area contributed by atoms with Gasteiger partial charge in [-0.2, -0.15) is 0 Å². The number of amides is 4. The SMILES string of the molecule is CCN(CC)CCNC(=O)c1c(C)[nH]c(/C=C2\C(=O)N(C(=O)CCC(=O)N[C@H](C=O)CCN)c3ccc(F)cc32)c1C. The minimum Gasteiger partial charge on any atom is -0.358 e. The van der Waals surface area contributed by atoms with Gasteiger partial charge in [0.15, 0.2) is 0 Å². The van der Waals surface area contributed by atoms with E-state index in [9.17, 15) is 28.4 Å². The van der Waals surface area contributed by atoms with Gasteiger partial charge in [-0.15, -0.1) is 0 Å². The highest BCUT2D eigenvalue weighted by Gasteiger charge is 2.37. The molecule has 0 spiro atoms. The van der Waals surface area contributed by atoms with Gasteiger partial charge in [0.25, 0.3) is 11.8 Å². The molecule has 42 heavy (non-hydrogen) atoms. The Bertz CT molecular complexity index is 1380. The van der Waals surface area contributed by atoms with Crippen molar-refractivity contribution in [3.05, 3.63) is 52.1 Å². The molecule has 11 nitrogen and oxygen atoms in total. The molecule has 1 aliphatic heterocycles. The fourth-order valence-electron chi connectivity index (χ4n) is 4.98. The average Bonchev–Trinajstić information content (AvgIpc) is 3.40. The molecule has 5 N–H and O–H groups in total. The number of anilines is 1. The zero-order valence-electron chi connectivity index (χ0n) is 24.5. The summed E-state index contributed by atoms with van der Waals surface area (Å²) in [6, 6.07) is 2.90. The van der Waals surface area contributed by atoms with Crippen molar-refractivity contribution in [1.82, 2.24) is 20.5 Å². The molecular formula is C30H39FN6O5. The number of nitrogens with zero attached hydrogens (tertiary/aromatic N) is 2. The number of aldehydes is 1. The van der Waals surface area contributed by atoms with Gasteiger partial charge in [-0.05, 0) is 69.7 Å². The first-order chi connectivity index (χ1) is 20.1. The fraction of sp³-hybridized carbons (Fsp3) is 0.433. The molecule has 2 aromatic rings. The van der Waals surface area contributed by atoms with Crippen molar-refractivity contribution in [2.75, 3.05) is 37.6 Å². The van der Waals surface area contributed by atoms with Gasteiger partial charge in [0, 0.05) is 42.9 Å².